The summed E-state index contributed by atoms with van der Waals surface area (Å²) in [5, 5.41) is 7.66. The standard InChI is InChI=1S/C14H22N4O3/c19-14(9-20-8-13-2-1-7-21-13)17-5-3-12(4-6-17)18-10-15-16-11-18/h10-13H,1-9H2/t13-/m0/s1. The van der Waals surface area contributed by atoms with E-state index >= 15 is 0 Å². The highest BCUT2D eigenvalue weighted by Crippen LogP contribution is 2.21. The minimum absolute atomic E-state index is 0.0789. The third kappa shape index (κ3) is 3.79. The van der Waals surface area contributed by atoms with Crippen molar-refractivity contribution in [2.45, 2.75) is 37.8 Å². The number of carbonyl (C=O) groups excluding carboxylic acids is 1. The summed E-state index contributed by atoms with van der Waals surface area (Å²) in [4.78, 5) is 14.0. The largest absolute Gasteiger partial charge is 0.376 e. The van der Waals surface area contributed by atoms with E-state index < -0.39 is 0 Å². The molecule has 0 aromatic carbocycles. The van der Waals surface area contributed by atoms with Crippen LogP contribution in [-0.4, -0.2) is 64.6 Å². The monoisotopic (exact) mass is 294 g/mol. The van der Waals surface area contributed by atoms with Gasteiger partial charge in [-0.2, -0.15) is 0 Å². The van der Waals surface area contributed by atoms with E-state index in [-0.39, 0.29) is 18.6 Å². The van der Waals surface area contributed by atoms with E-state index in [1.165, 1.54) is 0 Å². The number of carbonyl (C=O) groups is 1. The number of hydrogen-bond donors (Lipinski definition) is 0. The third-order valence-corrected chi connectivity index (χ3v) is 4.23. The summed E-state index contributed by atoms with van der Waals surface area (Å²) < 4.78 is 13.0. The normalized spacial score (nSPS) is 23.6. The predicted octanol–water partition coefficient (Wildman–Crippen LogP) is 0.637. The minimum atomic E-state index is 0.0789. The van der Waals surface area contributed by atoms with Crippen molar-refractivity contribution in [3.8, 4) is 0 Å². The van der Waals surface area contributed by atoms with Crippen LogP contribution in [0.15, 0.2) is 12.7 Å². The van der Waals surface area contributed by atoms with Crippen LogP contribution < -0.4 is 0 Å². The Hall–Kier alpha value is -1.47. The van der Waals surface area contributed by atoms with Crippen molar-refractivity contribution in [2.75, 3.05) is 32.9 Å². The molecule has 1 atom stereocenters. The average Bonchev–Trinajstić information content (AvgIpc) is 3.21. The van der Waals surface area contributed by atoms with Gasteiger partial charge in [-0.15, -0.1) is 10.2 Å². The Morgan fingerprint density at radius 1 is 1.24 bits per heavy atom. The van der Waals surface area contributed by atoms with Crippen LogP contribution in [0.1, 0.15) is 31.7 Å². The molecule has 116 valence electrons. The van der Waals surface area contributed by atoms with Crippen LogP contribution in [0.3, 0.4) is 0 Å². The van der Waals surface area contributed by atoms with E-state index in [9.17, 15) is 4.79 Å². The first-order valence-electron chi connectivity index (χ1n) is 7.64. The predicted molar refractivity (Wildman–Crippen MR) is 74.7 cm³/mol. The summed E-state index contributed by atoms with van der Waals surface area (Å²) in [6.45, 7) is 3.05. The highest BCUT2D eigenvalue weighted by atomic mass is 16.5. The summed E-state index contributed by atoms with van der Waals surface area (Å²) in [5.41, 5.74) is 0. The molecule has 1 aromatic heterocycles. The van der Waals surface area contributed by atoms with E-state index in [1.54, 1.807) is 12.7 Å². The van der Waals surface area contributed by atoms with Crippen LogP contribution in [0, 0.1) is 0 Å². The quantitative estimate of drug-likeness (QED) is 0.797. The van der Waals surface area contributed by atoms with Crippen molar-refractivity contribution in [3.63, 3.8) is 0 Å². The number of piperidine rings is 1. The van der Waals surface area contributed by atoms with Gasteiger partial charge >= 0.3 is 0 Å². The minimum Gasteiger partial charge on any atom is -0.376 e. The number of hydrogen-bond acceptors (Lipinski definition) is 5. The zero-order valence-corrected chi connectivity index (χ0v) is 12.2. The Balaban J connectivity index is 1.36. The summed E-state index contributed by atoms with van der Waals surface area (Å²) in [6.07, 6.45) is 7.68. The molecule has 3 heterocycles. The first kappa shape index (κ1) is 14.5. The van der Waals surface area contributed by atoms with Crippen molar-refractivity contribution >= 4 is 5.91 Å². The lowest BCUT2D eigenvalue weighted by atomic mass is 10.1. The lowest BCUT2D eigenvalue weighted by Gasteiger charge is -2.32. The Morgan fingerprint density at radius 2 is 2.00 bits per heavy atom. The molecule has 2 fully saturated rings. The van der Waals surface area contributed by atoms with Gasteiger partial charge in [-0.25, -0.2) is 0 Å². The average molecular weight is 294 g/mol. The van der Waals surface area contributed by atoms with Crippen molar-refractivity contribution in [1.82, 2.24) is 19.7 Å². The third-order valence-electron chi connectivity index (χ3n) is 4.23. The molecule has 2 aliphatic heterocycles. The molecule has 0 saturated carbocycles. The summed E-state index contributed by atoms with van der Waals surface area (Å²) in [6, 6.07) is 0.400. The van der Waals surface area contributed by atoms with Gasteiger partial charge in [0.1, 0.15) is 19.3 Å². The molecular weight excluding hydrogens is 272 g/mol. The fourth-order valence-electron chi connectivity index (χ4n) is 2.96. The van der Waals surface area contributed by atoms with Gasteiger partial charge in [0.2, 0.25) is 5.91 Å². The van der Waals surface area contributed by atoms with Gasteiger partial charge in [0.25, 0.3) is 0 Å². The number of rotatable bonds is 5. The van der Waals surface area contributed by atoms with E-state index in [0.29, 0.717) is 12.6 Å². The molecule has 0 radical (unpaired) electrons. The number of ether oxygens (including phenoxy) is 2. The number of likely N-dealkylation sites (tertiary alicyclic amines) is 1. The van der Waals surface area contributed by atoms with Gasteiger partial charge in [0.05, 0.1) is 12.7 Å². The van der Waals surface area contributed by atoms with Crippen LogP contribution in [0.2, 0.25) is 0 Å². The lowest BCUT2D eigenvalue weighted by Crippen LogP contribution is -2.41. The fourth-order valence-corrected chi connectivity index (χ4v) is 2.96. The molecule has 7 nitrogen and oxygen atoms in total. The maximum absolute atomic E-state index is 12.1. The molecule has 1 amide bonds. The first-order chi connectivity index (χ1) is 10.3. The highest BCUT2D eigenvalue weighted by Gasteiger charge is 2.24. The molecule has 0 unspecified atom stereocenters. The fraction of sp³-hybridized carbons (Fsp3) is 0.786. The zero-order valence-electron chi connectivity index (χ0n) is 12.2. The Morgan fingerprint density at radius 3 is 2.67 bits per heavy atom. The highest BCUT2D eigenvalue weighted by molar-refractivity contribution is 5.77. The lowest BCUT2D eigenvalue weighted by molar-refractivity contribution is -0.138. The Labute approximate surface area is 124 Å². The maximum Gasteiger partial charge on any atom is 0.248 e. The van der Waals surface area contributed by atoms with E-state index in [1.807, 2.05) is 9.47 Å². The number of amides is 1. The molecule has 3 rings (SSSR count). The van der Waals surface area contributed by atoms with Gasteiger partial charge in [-0.1, -0.05) is 0 Å². The maximum atomic E-state index is 12.1. The molecular formula is C14H22N4O3. The van der Waals surface area contributed by atoms with Crippen molar-refractivity contribution in [1.29, 1.82) is 0 Å². The molecule has 21 heavy (non-hydrogen) atoms. The van der Waals surface area contributed by atoms with E-state index in [4.69, 9.17) is 9.47 Å². The summed E-state index contributed by atoms with van der Waals surface area (Å²) in [5.74, 6) is 0.0789. The number of aromatic nitrogens is 3. The summed E-state index contributed by atoms with van der Waals surface area (Å²) >= 11 is 0. The topological polar surface area (TPSA) is 69.5 Å². The molecule has 0 spiro atoms. The van der Waals surface area contributed by atoms with Gasteiger partial charge in [0.15, 0.2) is 0 Å². The zero-order chi connectivity index (χ0) is 14.5. The second kappa shape index (κ2) is 7.00. The van der Waals surface area contributed by atoms with E-state index in [0.717, 1.165) is 45.4 Å². The summed E-state index contributed by atoms with van der Waals surface area (Å²) in [7, 11) is 0. The van der Waals surface area contributed by atoms with Gasteiger partial charge in [-0.05, 0) is 25.7 Å². The Kier molecular flexibility index (Phi) is 4.82. The molecule has 2 saturated heterocycles. The molecule has 0 bridgehead atoms. The molecule has 7 heteroatoms. The van der Waals surface area contributed by atoms with Crippen molar-refractivity contribution < 1.29 is 14.3 Å². The molecule has 0 aliphatic carbocycles. The van der Waals surface area contributed by atoms with Crippen LogP contribution >= 0.6 is 0 Å². The SMILES string of the molecule is O=C(COC[C@@H]1CCCO1)N1CCC(n2cnnc2)CC1. The smallest absolute Gasteiger partial charge is 0.248 e. The van der Waals surface area contributed by atoms with Gasteiger partial charge in [-0.3, -0.25) is 4.79 Å². The second-order valence-electron chi connectivity index (χ2n) is 5.67. The van der Waals surface area contributed by atoms with Gasteiger partial charge in [0, 0.05) is 25.7 Å². The van der Waals surface area contributed by atoms with E-state index in [2.05, 4.69) is 10.2 Å². The molecule has 2 aliphatic rings. The van der Waals surface area contributed by atoms with Crippen LogP contribution in [0.25, 0.3) is 0 Å². The van der Waals surface area contributed by atoms with Gasteiger partial charge < -0.3 is 18.9 Å². The molecule has 1 aromatic rings. The van der Waals surface area contributed by atoms with Crippen molar-refractivity contribution in [3.05, 3.63) is 12.7 Å². The van der Waals surface area contributed by atoms with Crippen LogP contribution in [0.4, 0.5) is 0 Å². The second-order valence-corrected chi connectivity index (χ2v) is 5.67. The first-order valence-corrected chi connectivity index (χ1v) is 7.64. The molecule has 0 N–H and O–H groups in total. The number of nitrogens with zero attached hydrogens (tertiary/aromatic N) is 4. The Bertz CT molecular complexity index is 437. The van der Waals surface area contributed by atoms with Crippen LogP contribution in [0.5, 0.6) is 0 Å². The van der Waals surface area contributed by atoms with Crippen LogP contribution in [-0.2, 0) is 14.3 Å². The van der Waals surface area contributed by atoms with Crippen molar-refractivity contribution in [2.24, 2.45) is 0 Å².